The second-order valence-electron chi connectivity index (χ2n) is 4.50. The number of sulfonamides is 1. The third kappa shape index (κ3) is 4.22. The lowest BCUT2D eigenvalue weighted by Crippen LogP contribution is -2.36. The van der Waals surface area contributed by atoms with E-state index in [9.17, 15) is 13.2 Å². The quantitative estimate of drug-likeness (QED) is 0.834. The summed E-state index contributed by atoms with van der Waals surface area (Å²) in [5.74, 6) is -0.298. The zero-order chi connectivity index (χ0) is 14.6. The Labute approximate surface area is 114 Å². The van der Waals surface area contributed by atoms with Crippen LogP contribution in [0.5, 0.6) is 0 Å². The molecule has 1 aromatic rings. The first-order chi connectivity index (χ1) is 8.74. The zero-order valence-corrected chi connectivity index (χ0v) is 12.4. The van der Waals surface area contributed by atoms with Crippen LogP contribution in [0.1, 0.15) is 0 Å². The lowest BCUT2D eigenvalue weighted by molar-refractivity contribution is -0.127. The van der Waals surface area contributed by atoms with Crippen molar-refractivity contribution in [2.75, 3.05) is 39.6 Å². The summed E-state index contributed by atoms with van der Waals surface area (Å²) >= 11 is 0. The van der Waals surface area contributed by atoms with Gasteiger partial charge in [0.05, 0.1) is 11.4 Å². The summed E-state index contributed by atoms with van der Waals surface area (Å²) in [4.78, 5) is 14.7. The number of amides is 1. The second-order valence-corrected chi connectivity index (χ2v) is 6.27. The van der Waals surface area contributed by atoms with Gasteiger partial charge >= 0.3 is 0 Å². The van der Waals surface area contributed by atoms with Crippen LogP contribution in [-0.4, -0.2) is 54.0 Å². The minimum absolute atomic E-state index is 0.143. The first-order valence-corrected chi connectivity index (χ1v) is 7.19. The molecule has 0 bridgehead atoms. The molecule has 0 atom stereocenters. The van der Waals surface area contributed by atoms with Crippen LogP contribution in [0.3, 0.4) is 0 Å². The summed E-state index contributed by atoms with van der Waals surface area (Å²) < 4.78 is 26.2. The van der Waals surface area contributed by atoms with Gasteiger partial charge in [-0.1, -0.05) is 0 Å². The molecule has 0 aliphatic rings. The Morgan fingerprint density at radius 1 is 1.11 bits per heavy atom. The fourth-order valence-electron chi connectivity index (χ4n) is 1.32. The standard InChI is InChI=1S/C12H19N3O3S/c1-14(2)10-5-7-11(8-6-10)19(17,18)13-9-12(16)15(3)4/h5-8,13H,9H2,1-4H3. The highest BCUT2D eigenvalue weighted by atomic mass is 32.2. The molecule has 6 nitrogen and oxygen atoms in total. The van der Waals surface area contributed by atoms with Crippen molar-refractivity contribution in [1.82, 2.24) is 9.62 Å². The topological polar surface area (TPSA) is 69.7 Å². The fraction of sp³-hybridized carbons (Fsp3) is 0.417. The van der Waals surface area contributed by atoms with Crippen molar-refractivity contribution in [2.24, 2.45) is 0 Å². The third-order valence-electron chi connectivity index (χ3n) is 2.58. The molecule has 106 valence electrons. The molecule has 19 heavy (non-hydrogen) atoms. The number of nitrogens with zero attached hydrogens (tertiary/aromatic N) is 2. The Kier molecular flexibility index (Phi) is 4.90. The first kappa shape index (κ1) is 15.5. The Balaban J connectivity index is 2.80. The number of carbonyl (C=O) groups excluding carboxylic acids is 1. The van der Waals surface area contributed by atoms with Crippen molar-refractivity contribution in [3.05, 3.63) is 24.3 Å². The monoisotopic (exact) mass is 285 g/mol. The van der Waals surface area contributed by atoms with Gasteiger partial charge < -0.3 is 9.80 Å². The maximum atomic E-state index is 11.9. The van der Waals surface area contributed by atoms with Gasteiger partial charge in [-0.2, -0.15) is 0 Å². The SMILES string of the molecule is CN(C)C(=O)CNS(=O)(=O)c1ccc(N(C)C)cc1. The fourth-order valence-corrected chi connectivity index (χ4v) is 2.30. The molecule has 0 radical (unpaired) electrons. The third-order valence-corrected chi connectivity index (χ3v) is 3.99. The number of rotatable bonds is 5. The van der Waals surface area contributed by atoms with E-state index in [1.54, 1.807) is 26.2 Å². The highest BCUT2D eigenvalue weighted by Crippen LogP contribution is 2.15. The van der Waals surface area contributed by atoms with Crippen molar-refractivity contribution >= 4 is 21.6 Å². The van der Waals surface area contributed by atoms with E-state index < -0.39 is 10.0 Å². The van der Waals surface area contributed by atoms with Gasteiger partial charge in [0.25, 0.3) is 0 Å². The predicted molar refractivity (Wildman–Crippen MR) is 74.7 cm³/mol. The molecule has 0 aliphatic carbocycles. The van der Waals surface area contributed by atoms with Crippen molar-refractivity contribution in [1.29, 1.82) is 0 Å². The summed E-state index contributed by atoms with van der Waals surface area (Å²) in [6.07, 6.45) is 0. The molecule has 0 unspecified atom stereocenters. The smallest absolute Gasteiger partial charge is 0.241 e. The van der Waals surface area contributed by atoms with Crippen molar-refractivity contribution in [3.8, 4) is 0 Å². The predicted octanol–water partition coefficient (Wildman–Crippen LogP) is 0.119. The van der Waals surface area contributed by atoms with E-state index in [4.69, 9.17) is 0 Å². The van der Waals surface area contributed by atoms with Gasteiger partial charge in [0.15, 0.2) is 0 Å². The average molecular weight is 285 g/mol. The lowest BCUT2D eigenvalue weighted by Gasteiger charge is -2.14. The number of hydrogen-bond donors (Lipinski definition) is 1. The molecule has 1 N–H and O–H groups in total. The summed E-state index contributed by atoms with van der Waals surface area (Å²) in [5.41, 5.74) is 0.906. The minimum Gasteiger partial charge on any atom is -0.378 e. The molecule has 7 heteroatoms. The summed E-state index contributed by atoms with van der Waals surface area (Å²) in [6, 6.07) is 6.44. The van der Waals surface area contributed by atoms with E-state index in [1.165, 1.54) is 17.0 Å². The Morgan fingerprint density at radius 3 is 2.05 bits per heavy atom. The molecule has 1 rings (SSSR count). The largest absolute Gasteiger partial charge is 0.378 e. The molecule has 0 saturated carbocycles. The molecule has 0 spiro atoms. The molecule has 0 aromatic heterocycles. The molecule has 0 fully saturated rings. The van der Waals surface area contributed by atoms with Crippen LogP contribution in [0.15, 0.2) is 29.2 Å². The molecule has 0 saturated heterocycles. The molecule has 1 aromatic carbocycles. The molecule has 0 heterocycles. The van der Waals surface area contributed by atoms with Crippen LogP contribution < -0.4 is 9.62 Å². The van der Waals surface area contributed by atoms with E-state index in [1.807, 2.05) is 19.0 Å². The summed E-state index contributed by atoms with van der Waals surface area (Å²) in [5, 5.41) is 0. The molecule has 0 aliphatic heterocycles. The molecular formula is C12H19N3O3S. The average Bonchev–Trinajstić information content (AvgIpc) is 2.36. The van der Waals surface area contributed by atoms with E-state index >= 15 is 0 Å². The Morgan fingerprint density at radius 2 is 1.63 bits per heavy atom. The number of nitrogens with one attached hydrogen (secondary N) is 1. The van der Waals surface area contributed by atoms with E-state index in [0.717, 1.165) is 5.69 Å². The lowest BCUT2D eigenvalue weighted by atomic mass is 10.3. The van der Waals surface area contributed by atoms with E-state index in [-0.39, 0.29) is 17.3 Å². The van der Waals surface area contributed by atoms with Crippen molar-refractivity contribution in [3.63, 3.8) is 0 Å². The van der Waals surface area contributed by atoms with Gasteiger partial charge in [-0.25, -0.2) is 13.1 Å². The van der Waals surface area contributed by atoms with Gasteiger partial charge in [0.1, 0.15) is 0 Å². The van der Waals surface area contributed by atoms with Crippen LogP contribution in [0.4, 0.5) is 5.69 Å². The highest BCUT2D eigenvalue weighted by Gasteiger charge is 2.16. The van der Waals surface area contributed by atoms with Crippen LogP contribution >= 0.6 is 0 Å². The van der Waals surface area contributed by atoms with Gasteiger partial charge in [-0.3, -0.25) is 4.79 Å². The van der Waals surface area contributed by atoms with Gasteiger partial charge in [-0.05, 0) is 24.3 Å². The number of benzene rings is 1. The highest BCUT2D eigenvalue weighted by molar-refractivity contribution is 7.89. The second kappa shape index (κ2) is 6.03. The number of anilines is 1. The van der Waals surface area contributed by atoms with Gasteiger partial charge in [0, 0.05) is 33.9 Å². The van der Waals surface area contributed by atoms with Crippen molar-refractivity contribution < 1.29 is 13.2 Å². The summed E-state index contributed by atoms with van der Waals surface area (Å²) in [6.45, 7) is -0.245. The van der Waals surface area contributed by atoms with Crippen LogP contribution in [-0.2, 0) is 14.8 Å². The zero-order valence-electron chi connectivity index (χ0n) is 11.5. The normalized spacial score (nSPS) is 11.2. The minimum atomic E-state index is -3.65. The van der Waals surface area contributed by atoms with Crippen LogP contribution in [0, 0.1) is 0 Å². The Hall–Kier alpha value is -1.60. The maximum absolute atomic E-state index is 11.9. The van der Waals surface area contributed by atoms with Gasteiger partial charge in [-0.15, -0.1) is 0 Å². The Bertz CT molecular complexity index is 536. The van der Waals surface area contributed by atoms with Crippen LogP contribution in [0.25, 0.3) is 0 Å². The molecular weight excluding hydrogens is 266 g/mol. The van der Waals surface area contributed by atoms with Crippen LogP contribution in [0.2, 0.25) is 0 Å². The number of likely N-dealkylation sites (N-methyl/N-ethyl adjacent to an activating group) is 1. The van der Waals surface area contributed by atoms with E-state index in [0.29, 0.717) is 0 Å². The number of hydrogen-bond acceptors (Lipinski definition) is 4. The van der Waals surface area contributed by atoms with Gasteiger partial charge in [0.2, 0.25) is 15.9 Å². The van der Waals surface area contributed by atoms with E-state index in [2.05, 4.69) is 4.72 Å². The van der Waals surface area contributed by atoms with Crippen molar-refractivity contribution in [2.45, 2.75) is 4.90 Å². The summed E-state index contributed by atoms with van der Waals surface area (Å²) in [7, 11) is 3.24. The molecule has 1 amide bonds. The first-order valence-electron chi connectivity index (χ1n) is 5.71. The maximum Gasteiger partial charge on any atom is 0.241 e. The number of carbonyl (C=O) groups is 1.